The highest BCUT2D eigenvalue weighted by molar-refractivity contribution is 5.92. The Kier molecular flexibility index (Phi) is 4.47. The van der Waals surface area contributed by atoms with Crippen LogP contribution in [0.5, 0.6) is 0 Å². The molecule has 0 fully saturated rings. The fraction of sp³-hybridized carbons (Fsp3) is 0.583. The molecule has 6 heteroatoms. The van der Waals surface area contributed by atoms with Crippen LogP contribution in [0.2, 0.25) is 0 Å². The second-order valence-electron chi connectivity index (χ2n) is 4.38. The molecule has 0 saturated carbocycles. The van der Waals surface area contributed by atoms with E-state index in [2.05, 4.69) is 4.98 Å². The van der Waals surface area contributed by atoms with Gasteiger partial charge in [0.2, 0.25) is 5.76 Å². The van der Waals surface area contributed by atoms with Crippen molar-refractivity contribution in [1.29, 1.82) is 0 Å². The third-order valence-electron chi connectivity index (χ3n) is 2.55. The van der Waals surface area contributed by atoms with Crippen LogP contribution in [0.4, 0.5) is 0 Å². The Bertz CT molecular complexity index is 451. The van der Waals surface area contributed by atoms with Gasteiger partial charge in [-0.3, -0.25) is 9.59 Å². The Morgan fingerprint density at radius 1 is 1.39 bits per heavy atom. The van der Waals surface area contributed by atoms with Crippen molar-refractivity contribution in [2.24, 2.45) is 0 Å². The molecule has 18 heavy (non-hydrogen) atoms. The summed E-state index contributed by atoms with van der Waals surface area (Å²) >= 11 is 0. The van der Waals surface area contributed by atoms with E-state index in [-0.39, 0.29) is 30.7 Å². The zero-order valence-corrected chi connectivity index (χ0v) is 11.1. The zero-order valence-electron chi connectivity index (χ0n) is 11.1. The molecule has 100 valence electrons. The third-order valence-corrected chi connectivity index (χ3v) is 2.55. The van der Waals surface area contributed by atoms with Gasteiger partial charge in [-0.25, -0.2) is 4.98 Å². The minimum absolute atomic E-state index is 0.0872. The van der Waals surface area contributed by atoms with Crippen molar-refractivity contribution in [3.05, 3.63) is 17.3 Å². The van der Waals surface area contributed by atoms with E-state index >= 15 is 0 Å². The number of oxazole rings is 1. The Morgan fingerprint density at radius 2 is 2.00 bits per heavy atom. The van der Waals surface area contributed by atoms with E-state index in [9.17, 15) is 9.59 Å². The molecular formula is C12H18N2O4. The summed E-state index contributed by atoms with van der Waals surface area (Å²) in [5.41, 5.74) is 0.526. The fourth-order valence-corrected chi connectivity index (χ4v) is 1.67. The van der Waals surface area contributed by atoms with Crippen molar-refractivity contribution in [2.75, 3.05) is 6.54 Å². The molecule has 1 aromatic rings. The number of carboxylic acid groups (broad SMARTS) is 1. The number of aliphatic carboxylic acids is 1. The number of rotatable bonds is 5. The molecule has 0 saturated heterocycles. The summed E-state index contributed by atoms with van der Waals surface area (Å²) in [4.78, 5) is 28.3. The second-order valence-corrected chi connectivity index (χ2v) is 4.38. The lowest BCUT2D eigenvalue weighted by atomic mass is 10.2. The van der Waals surface area contributed by atoms with E-state index < -0.39 is 5.97 Å². The van der Waals surface area contributed by atoms with Crippen molar-refractivity contribution >= 4 is 11.9 Å². The quantitative estimate of drug-likeness (QED) is 0.863. The highest BCUT2D eigenvalue weighted by Crippen LogP contribution is 2.14. The average molecular weight is 254 g/mol. The van der Waals surface area contributed by atoms with Crippen LogP contribution >= 0.6 is 0 Å². The molecule has 1 N–H and O–H groups in total. The fourth-order valence-electron chi connectivity index (χ4n) is 1.67. The van der Waals surface area contributed by atoms with Gasteiger partial charge < -0.3 is 14.4 Å². The van der Waals surface area contributed by atoms with Gasteiger partial charge in [0.05, 0.1) is 12.1 Å². The number of aryl methyl sites for hydroxylation is 2. The average Bonchev–Trinajstić information content (AvgIpc) is 2.56. The van der Waals surface area contributed by atoms with Gasteiger partial charge in [0, 0.05) is 19.5 Å². The minimum Gasteiger partial charge on any atom is -0.481 e. The lowest BCUT2D eigenvalue weighted by Gasteiger charge is -2.25. The Balaban J connectivity index is 2.89. The van der Waals surface area contributed by atoms with E-state index in [1.54, 1.807) is 13.8 Å². The maximum absolute atomic E-state index is 12.2. The number of hydrogen-bond acceptors (Lipinski definition) is 4. The highest BCUT2D eigenvalue weighted by atomic mass is 16.4. The second kappa shape index (κ2) is 5.66. The van der Waals surface area contributed by atoms with Gasteiger partial charge in [-0.1, -0.05) is 0 Å². The summed E-state index contributed by atoms with van der Waals surface area (Å²) in [5, 5.41) is 8.68. The molecule has 0 aliphatic heterocycles. The van der Waals surface area contributed by atoms with E-state index in [1.807, 2.05) is 13.8 Å². The van der Waals surface area contributed by atoms with Crippen molar-refractivity contribution in [2.45, 2.75) is 40.2 Å². The van der Waals surface area contributed by atoms with Crippen LogP contribution in [0.15, 0.2) is 4.42 Å². The third kappa shape index (κ3) is 3.32. The predicted molar refractivity (Wildman–Crippen MR) is 64.4 cm³/mol. The Labute approximate surface area is 106 Å². The maximum Gasteiger partial charge on any atom is 0.305 e. The Hall–Kier alpha value is -1.85. The summed E-state index contributed by atoms with van der Waals surface area (Å²) in [7, 11) is 0. The molecule has 1 aromatic heterocycles. The van der Waals surface area contributed by atoms with Gasteiger partial charge in [0.1, 0.15) is 0 Å². The molecule has 0 radical (unpaired) electrons. The van der Waals surface area contributed by atoms with Gasteiger partial charge >= 0.3 is 5.97 Å². The van der Waals surface area contributed by atoms with Gasteiger partial charge in [0.25, 0.3) is 5.91 Å². The summed E-state index contributed by atoms with van der Waals surface area (Å²) in [5.74, 6) is -0.632. The van der Waals surface area contributed by atoms with Crippen LogP contribution in [0, 0.1) is 13.8 Å². The predicted octanol–water partition coefficient (Wildman–Crippen LogP) is 1.62. The summed E-state index contributed by atoms with van der Waals surface area (Å²) in [6, 6.07) is -0.0957. The van der Waals surface area contributed by atoms with Crippen LogP contribution < -0.4 is 0 Å². The monoisotopic (exact) mass is 254 g/mol. The van der Waals surface area contributed by atoms with Gasteiger partial charge in [-0.2, -0.15) is 0 Å². The molecule has 1 heterocycles. The van der Waals surface area contributed by atoms with Crippen LogP contribution in [0.3, 0.4) is 0 Å². The maximum atomic E-state index is 12.2. The first-order valence-corrected chi connectivity index (χ1v) is 5.79. The van der Waals surface area contributed by atoms with E-state index in [0.717, 1.165) is 0 Å². The summed E-state index contributed by atoms with van der Waals surface area (Å²) < 4.78 is 5.26. The van der Waals surface area contributed by atoms with Gasteiger partial charge in [-0.15, -0.1) is 0 Å². The number of carboxylic acids is 1. The topological polar surface area (TPSA) is 83.6 Å². The normalized spacial score (nSPS) is 10.7. The van der Waals surface area contributed by atoms with Crippen molar-refractivity contribution in [1.82, 2.24) is 9.88 Å². The largest absolute Gasteiger partial charge is 0.481 e. The summed E-state index contributed by atoms with van der Waals surface area (Å²) in [6.45, 7) is 7.18. The lowest BCUT2D eigenvalue weighted by Crippen LogP contribution is -2.38. The highest BCUT2D eigenvalue weighted by Gasteiger charge is 2.24. The molecule has 0 aromatic carbocycles. The number of aromatic nitrogens is 1. The van der Waals surface area contributed by atoms with Crippen LogP contribution in [-0.4, -0.2) is 39.5 Å². The molecule has 0 bridgehead atoms. The molecule has 1 rings (SSSR count). The van der Waals surface area contributed by atoms with E-state index in [4.69, 9.17) is 9.52 Å². The molecule has 1 amide bonds. The minimum atomic E-state index is -0.932. The van der Waals surface area contributed by atoms with E-state index in [1.165, 1.54) is 4.90 Å². The van der Waals surface area contributed by atoms with Crippen molar-refractivity contribution < 1.29 is 19.1 Å². The van der Waals surface area contributed by atoms with Gasteiger partial charge in [-0.05, 0) is 20.8 Å². The van der Waals surface area contributed by atoms with E-state index in [0.29, 0.717) is 11.6 Å². The first kappa shape index (κ1) is 14.2. The number of nitrogens with zero attached hydrogens (tertiary/aromatic N) is 2. The number of carbonyl (C=O) groups excluding carboxylic acids is 1. The zero-order chi connectivity index (χ0) is 13.9. The number of amides is 1. The molecule has 6 nitrogen and oxygen atoms in total. The van der Waals surface area contributed by atoms with Crippen LogP contribution in [0.25, 0.3) is 0 Å². The lowest BCUT2D eigenvalue weighted by molar-refractivity contribution is -0.137. The smallest absolute Gasteiger partial charge is 0.305 e. The first-order chi connectivity index (χ1) is 8.32. The molecule has 0 spiro atoms. The number of carbonyl (C=O) groups is 2. The SMILES string of the molecule is Cc1nc(C)c(C(=O)N(CCC(=O)O)C(C)C)o1. The number of hydrogen-bond donors (Lipinski definition) is 1. The summed E-state index contributed by atoms with van der Waals surface area (Å²) in [6.07, 6.45) is -0.0872. The van der Waals surface area contributed by atoms with Crippen molar-refractivity contribution in [3.63, 3.8) is 0 Å². The molecule has 0 aliphatic rings. The first-order valence-electron chi connectivity index (χ1n) is 5.79. The van der Waals surface area contributed by atoms with Crippen molar-refractivity contribution in [3.8, 4) is 0 Å². The molecule has 0 aliphatic carbocycles. The molecule has 0 unspecified atom stereocenters. The Morgan fingerprint density at radius 3 is 2.39 bits per heavy atom. The molecule has 0 atom stereocenters. The standard InChI is InChI=1S/C12H18N2O4/c1-7(2)14(6-5-10(15)16)12(17)11-8(3)13-9(4)18-11/h7H,5-6H2,1-4H3,(H,15,16). The van der Waals surface area contributed by atoms with Crippen LogP contribution in [-0.2, 0) is 4.79 Å². The molecular weight excluding hydrogens is 236 g/mol. The van der Waals surface area contributed by atoms with Gasteiger partial charge in [0.15, 0.2) is 5.89 Å². The van der Waals surface area contributed by atoms with Crippen LogP contribution in [0.1, 0.15) is 42.4 Å².